The number of nitriles is 1. The van der Waals surface area contributed by atoms with Gasteiger partial charge in [0.25, 0.3) is 0 Å². The van der Waals surface area contributed by atoms with Crippen LogP contribution < -0.4 is 0 Å². The predicted octanol–water partition coefficient (Wildman–Crippen LogP) is 6.87. The topological polar surface area (TPSA) is 23.8 Å². The summed E-state index contributed by atoms with van der Waals surface area (Å²) in [5.41, 5.74) is 6.09. The lowest BCUT2D eigenvalue weighted by Crippen LogP contribution is -2.12. The monoisotopic (exact) mass is 359 g/mol. The second-order valence-electron chi connectivity index (χ2n) is 8.06. The number of halogens is 1. The minimum absolute atomic E-state index is 0.146. The third kappa shape index (κ3) is 3.69. The molecule has 2 aliphatic carbocycles. The summed E-state index contributed by atoms with van der Waals surface area (Å²) in [6.07, 6.45) is 10.6. The summed E-state index contributed by atoms with van der Waals surface area (Å²) >= 11 is 0. The van der Waals surface area contributed by atoms with Crippen molar-refractivity contribution >= 4 is 11.6 Å². The Labute approximate surface area is 161 Å². The standard InChI is InChI=1S/C25H26FN/c1-2-17-3-5-18(6-4-17)19-7-9-20(10-8-19)21-11-12-22-14-24(16-27)25(26)15-23(22)13-21/h7-10,13-15,17-18H,2-6,11-12H2,1H3. The van der Waals surface area contributed by atoms with Crippen LogP contribution in [0.25, 0.3) is 11.6 Å². The highest BCUT2D eigenvalue weighted by Gasteiger charge is 2.21. The number of allylic oxidation sites excluding steroid dienone is 1. The Morgan fingerprint density at radius 1 is 1.04 bits per heavy atom. The Morgan fingerprint density at radius 3 is 2.44 bits per heavy atom. The molecule has 0 amide bonds. The van der Waals surface area contributed by atoms with Crippen LogP contribution in [0.4, 0.5) is 4.39 Å². The zero-order valence-corrected chi connectivity index (χ0v) is 16.0. The van der Waals surface area contributed by atoms with Gasteiger partial charge in [-0.05, 0) is 90.3 Å². The van der Waals surface area contributed by atoms with E-state index in [0.717, 1.165) is 29.9 Å². The first-order valence-electron chi connectivity index (χ1n) is 10.2. The van der Waals surface area contributed by atoms with Crippen molar-refractivity contribution in [2.75, 3.05) is 0 Å². The fourth-order valence-electron chi connectivity index (χ4n) is 4.70. The Hall–Kier alpha value is -2.40. The first-order chi connectivity index (χ1) is 13.2. The van der Waals surface area contributed by atoms with E-state index in [1.807, 2.05) is 6.07 Å². The minimum Gasteiger partial charge on any atom is -0.206 e. The van der Waals surface area contributed by atoms with Gasteiger partial charge in [-0.25, -0.2) is 4.39 Å². The van der Waals surface area contributed by atoms with Crippen molar-refractivity contribution in [1.29, 1.82) is 5.26 Å². The van der Waals surface area contributed by atoms with Crippen LogP contribution in [0.2, 0.25) is 0 Å². The van der Waals surface area contributed by atoms with Gasteiger partial charge in [-0.1, -0.05) is 43.7 Å². The Balaban J connectivity index is 1.53. The van der Waals surface area contributed by atoms with Crippen molar-refractivity contribution in [3.63, 3.8) is 0 Å². The largest absolute Gasteiger partial charge is 0.206 e. The highest BCUT2D eigenvalue weighted by molar-refractivity contribution is 5.84. The van der Waals surface area contributed by atoms with Gasteiger partial charge in [-0.15, -0.1) is 0 Å². The maximum atomic E-state index is 14.0. The summed E-state index contributed by atoms with van der Waals surface area (Å²) in [7, 11) is 0. The van der Waals surface area contributed by atoms with Crippen LogP contribution in [-0.2, 0) is 6.42 Å². The number of fused-ring (bicyclic) bond motifs is 1. The van der Waals surface area contributed by atoms with E-state index >= 15 is 0 Å². The maximum absolute atomic E-state index is 14.0. The molecule has 2 aromatic carbocycles. The summed E-state index contributed by atoms with van der Waals surface area (Å²) in [6, 6.07) is 14.2. The lowest BCUT2D eigenvalue weighted by Gasteiger charge is -2.28. The highest BCUT2D eigenvalue weighted by atomic mass is 19.1. The minimum atomic E-state index is -0.424. The maximum Gasteiger partial charge on any atom is 0.141 e. The van der Waals surface area contributed by atoms with Crippen LogP contribution in [-0.4, -0.2) is 0 Å². The molecule has 0 atom stereocenters. The molecular formula is C25H26FN. The van der Waals surface area contributed by atoms with Gasteiger partial charge >= 0.3 is 0 Å². The summed E-state index contributed by atoms with van der Waals surface area (Å²) in [5, 5.41) is 9.01. The Morgan fingerprint density at radius 2 is 1.78 bits per heavy atom. The zero-order chi connectivity index (χ0) is 18.8. The van der Waals surface area contributed by atoms with Crippen LogP contribution in [0.3, 0.4) is 0 Å². The van der Waals surface area contributed by atoms with E-state index in [1.54, 1.807) is 6.07 Å². The summed E-state index contributed by atoms with van der Waals surface area (Å²) in [4.78, 5) is 0. The molecule has 2 aliphatic rings. The van der Waals surface area contributed by atoms with Gasteiger partial charge in [0.2, 0.25) is 0 Å². The molecule has 0 bridgehead atoms. The van der Waals surface area contributed by atoms with Crippen LogP contribution in [0, 0.1) is 23.1 Å². The highest BCUT2D eigenvalue weighted by Crippen LogP contribution is 2.38. The van der Waals surface area contributed by atoms with Crippen LogP contribution in [0.5, 0.6) is 0 Å². The number of hydrogen-bond donors (Lipinski definition) is 0. The van der Waals surface area contributed by atoms with E-state index in [4.69, 9.17) is 5.26 Å². The van der Waals surface area contributed by atoms with Crippen molar-refractivity contribution in [3.05, 3.63) is 70.0 Å². The molecule has 4 rings (SSSR count). The molecule has 0 heterocycles. The summed E-state index contributed by atoms with van der Waals surface area (Å²) in [6.45, 7) is 2.31. The third-order valence-electron chi connectivity index (χ3n) is 6.52. The van der Waals surface area contributed by atoms with Gasteiger partial charge < -0.3 is 0 Å². The van der Waals surface area contributed by atoms with E-state index in [1.165, 1.54) is 54.9 Å². The van der Waals surface area contributed by atoms with Gasteiger partial charge in [-0.3, -0.25) is 0 Å². The number of nitrogens with zero attached hydrogens (tertiary/aromatic N) is 1. The van der Waals surface area contributed by atoms with Gasteiger partial charge in [0.05, 0.1) is 5.56 Å². The third-order valence-corrected chi connectivity index (χ3v) is 6.52. The lowest BCUT2D eigenvalue weighted by molar-refractivity contribution is 0.319. The Kier molecular flexibility index (Phi) is 5.12. The fourth-order valence-corrected chi connectivity index (χ4v) is 4.70. The van der Waals surface area contributed by atoms with E-state index in [2.05, 4.69) is 37.3 Å². The molecule has 1 saturated carbocycles. The molecule has 0 N–H and O–H groups in total. The molecular weight excluding hydrogens is 333 g/mol. The van der Waals surface area contributed by atoms with E-state index < -0.39 is 5.82 Å². The number of aryl methyl sites for hydroxylation is 1. The molecule has 138 valence electrons. The molecule has 1 nitrogen and oxygen atoms in total. The fraction of sp³-hybridized carbons (Fsp3) is 0.400. The molecule has 2 aromatic rings. The molecule has 0 aromatic heterocycles. The van der Waals surface area contributed by atoms with Crippen molar-refractivity contribution in [2.24, 2.45) is 5.92 Å². The number of hydrogen-bond acceptors (Lipinski definition) is 1. The van der Waals surface area contributed by atoms with Gasteiger partial charge in [0.1, 0.15) is 11.9 Å². The van der Waals surface area contributed by atoms with Crippen molar-refractivity contribution < 1.29 is 4.39 Å². The smallest absolute Gasteiger partial charge is 0.141 e. The number of benzene rings is 2. The zero-order valence-electron chi connectivity index (χ0n) is 16.0. The second-order valence-corrected chi connectivity index (χ2v) is 8.06. The van der Waals surface area contributed by atoms with E-state index in [9.17, 15) is 4.39 Å². The first-order valence-corrected chi connectivity index (χ1v) is 10.2. The molecule has 1 fully saturated rings. The summed E-state index contributed by atoms with van der Waals surface area (Å²) < 4.78 is 14.0. The SMILES string of the molecule is CCC1CCC(c2ccc(C3=Cc4cc(F)c(C#N)cc4CC3)cc2)CC1. The Bertz CT molecular complexity index is 893. The van der Waals surface area contributed by atoms with Gasteiger partial charge in [0.15, 0.2) is 0 Å². The molecule has 0 radical (unpaired) electrons. The average molecular weight is 359 g/mol. The van der Waals surface area contributed by atoms with Crippen LogP contribution in [0.15, 0.2) is 36.4 Å². The van der Waals surface area contributed by atoms with Crippen LogP contribution >= 0.6 is 0 Å². The molecule has 0 spiro atoms. The second kappa shape index (κ2) is 7.69. The van der Waals surface area contributed by atoms with E-state index in [0.29, 0.717) is 5.92 Å². The molecule has 0 aliphatic heterocycles. The molecule has 0 saturated heterocycles. The number of rotatable bonds is 3. The quantitative estimate of drug-likeness (QED) is 0.587. The van der Waals surface area contributed by atoms with Crippen molar-refractivity contribution in [2.45, 2.75) is 57.8 Å². The van der Waals surface area contributed by atoms with Crippen molar-refractivity contribution in [3.8, 4) is 6.07 Å². The van der Waals surface area contributed by atoms with Crippen LogP contribution in [0.1, 0.15) is 79.2 Å². The lowest BCUT2D eigenvalue weighted by atomic mass is 9.77. The average Bonchev–Trinajstić information content (AvgIpc) is 2.73. The predicted molar refractivity (Wildman–Crippen MR) is 109 cm³/mol. The molecule has 2 heteroatoms. The first kappa shape index (κ1) is 18.0. The van der Waals surface area contributed by atoms with Gasteiger partial charge in [-0.2, -0.15) is 5.26 Å². The summed E-state index contributed by atoms with van der Waals surface area (Å²) in [5.74, 6) is 1.21. The molecule has 0 unspecified atom stereocenters. The van der Waals surface area contributed by atoms with Crippen molar-refractivity contribution in [1.82, 2.24) is 0 Å². The van der Waals surface area contributed by atoms with Gasteiger partial charge in [0, 0.05) is 0 Å². The molecule has 27 heavy (non-hydrogen) atoms. The normalized spacial score (nSPS) is 21.9. The van der Waals surface area contributed by atoms with E-state index in [-0.39, 0.29) is 5.56 Å².